The molecule has 0 radical (unpaired) electrons. The summed E-state index contributed by atoms with van der Waals surface area (Å²) in [5.74, 6) is -0.246. The normalized spacial score (nSPS) is 30.4. The van der Waals surface area contributed by atoms with Crippen molar-refractivity contribution in [2.24, 2.45) is 0 Å². The monoisotopic (exact) mass is 1130 g/mol. The Hall–Kier alpha value is -1.73. The van der Waals surface area contributed by atoms with Gasteiger partial charge in [-0.1, -0.05) is 192 Å². The van der Waals surface area contributed by atoms with Gasteiger partial charge in [-0.25, -0.2) is 0 Å². The van der Waals surface area contributed by atoms with Crippen molar-refractivity contribution in [1.82, 2.24) is 5.32 Å². The number of unbranched alkanes of at least 4 members (excludes halogenated alkanes) is 26. The van der Waals surface area contributed by atoms with Gasteiger partial charge >= 0.3 is 0 Å². The van der Waals surface area contributed by atoms with Gasteiger partial charge in [0.05, 0.1) is 38.6 Å². The van der Waals surface area contributed by atoms with Crippen LogP contribution in [0.3, 0.4) is 0 Å². The first kappa shape index (κ1) is 71.5. The van der Waals surface area contributed by atoms with Crippen molar-refractivity contribution in [3.8, 4) is 0 Å². The fourth-order valence-electron chi connectivity index (χ4n) is 10.6. The fraction of sp³-hybridized carbons (Fsp3) is 0.917. The van der Waals surface area contributed by atoms with E-state index in [-0.39, 0.29) is 18.9 Å². The molecule has 0 aromatic rings. The molecule has 3 aliphatic rings. The third-order valence-electron chi connectivity index (χ3n) is 15.8. The number of hydrogen-bond donors (Lipinski definition) is 12. The summed E-state index contributed by atoms with van der Waals surface area (Å²) in [6, 6.07) is -0.885. The summed E-state index contributed by atoms with van der Waals surface area (Å²) in [6.07, 6.45) is 18.4. The molecule has 1 amide bonds. The first-order chi connectivity index (χ1) is 38.3. The average molecular weight is 1130 g/mol. The number of rotatable bonds is 46. The summed E-state index contributed by atoms with van der Waals surface area (Å²) in [5.41, 5.74) is 0. The van der Waals surface area contributed by atoms with Gasteiger partial charge in [0.25, 0.3) is 0 Å². The number of aliphatic hydroxyl groups is 11. The standard InChI is InChI=1S/C60H111NO18/c1-3-5-7-9-11-13-15-16-17-18-19-20-21-22-23-24-25-26-28-30-32-34-36-38-48(66)61-43(44(65)37-35-33-31-29-27-14-12-10-8-6-4-2)42-74-58-54(72)51(69)56(46(40-63)76-58)79-60-55(73)52(70)57(47(41-64)77-60)78-59-53(71)50(68)49(67)45(39-62)75-59/h15-16,18-19,43-47,49-60,62-65,67-73H,3-14,17,20-42H2,1-2H3,(H,61,66)/b16-15-,19-18-. The van der Waals surface area contributed by atoms with Crippen molar-refractivity contribution in [2.75, 3.05) is 26.4 Å². The lowest BCUT2D eigenvalue weighted by Crippen LogP contribution is -2.66. The summed E-state index contributed by atoms with van der Waals surface area (Å²) >= 11 is 0. The SMILES string of the molecule is CCCCCCC/C=C\C/C=C\CCCCCCCCCCCCCC(=O)NC(COC1OC(CO)C(OC2OC(CO)C(OC3OC(CO)C(O)C(O)C3O)C(O)C2O)C(O)C1O)C(O)CCCCCCCCCCCCC. The van der Waals surface area contributed by atoms with E-state index in [1.807, 2.05) is 0 Å². The van der Waals surface area contributed by atoms with Crippen LogP contribution >= 0.6 is 0 Å². The highest BCUT2D eigenvalue weighted by Crippen LogP contribution is 2.33. The van der Waals surface area contributed by atoms with E-state index in [2.05, 4.69) is 43.5 Å². The van der Waals surface area contributed by atoms with Gasteiger partial charge in [-0.3, -0.25) is 4.79 Å². The maximum Gasteiger partial charge on any atom is 0.220 e. The Morgan fingerprint density at radius 3 is 1.29 bits per heavy atom. The molecule has 19 nitrogen and oxygen atoms in total. The number of aliphatic hydroxyl groups excluding tert-OH is 11. The van der Waals surface area contributed by atoms with Crippen LogP contribution in [-0.2, 0) is 33.2 Å². The van der Waals surface area contributed by atoms with Gasteiger partial charge in [0, 0.05) is 6.42 Å². The van der Waals surface area contributed by atoms with Gasteiger partial charge in [-0.05, 0) is 44.9 Å². The summed E-state index contributed by atoms with van der Waals surface area (Å²) in [7, 11) is 0. The van der Waals surface area contributed by atoms with Gasteiger partial charge in [0.2, 0.25) is 5.91 Å². The first-order valence-electron chi connectivity index (χ1n) is 31.1. The Morgan fingerprint density at radius 2 is 0.835 bits per heavy atom. The van der Waals surface area contributed by atoms with E-state index in [0.717, 1.165) is 57.8 Å². The first-order valence-corrected chi connectivity index (χ1v) is 31.1. The molecule has 17 unspecified atom stereocenters. The number of ether oxygens (including phenoxy) is 6. The summed E-state index contributed by atoms with van der Waals surface area (Å²) in [4.78, 5) is 13.3. The second-order valence-corrected chi connectivity index (χ2v) is 22.5. The zero-order valence-corrected chi connectivity index (χ0v) is 48.4. The second kappa shape index (κ2) is 43.8. The summed E-state index contributed by atoms with van der Waals surface area (Å²) in [5, 5.41) is 120. The van der Waals surface area contributed by atoms with E-state index in [9.17, 15) is 61.0 Å². The fourth-order valence-corrected chi connectivity index (χ4v) is 10.6. The molecule has 0 aromatic carbocycles. The minimum absolute atomic E-state index is 0.246. The average Bonchev–Trinajstić information content (AvgIpc) is 3.49. The van der Waals surface area contributed by atoms with E-state index in [0.29, 0.717) is 12.8 Å². The molecule has 0 aliphatic carbocycles. The third-order valence-corrected chi connectivity index (χ3v) is 15.8. The minimum atomic E-state index is -1.97. The van der Waals surface area contributed by atoms with Gasteiger partial charge in [-0.2, -0.15) is 0 Å². The Balaban J connectivity index is 1.44. The minimum Gasteiger partial charge on any atom is -0.394 e. The van der Waals surface area contributed by atoms with Crippen LogP contribution in [0.4, 0.5) is 0 Å². The van der Waals surface area contributed by atoms with Crippen molar-refractivity contribution in [3.05, 3.63) is 24.3 Å². The Morgan fingerprint density at radius 1 is 0.456 bits per heavy atom. The molecule has 12 N–H and O–H groups in total. The second-order valence-electron chi connectivity index (χ2n) is 22.5. The van der Waals surface area contributed by atoms with E-state index >= 15 is 0 Å². The van der Waals surface area contributed by atoms with Crippen LogP contribution < -0.4 is 5.32 Å². The van der Waals surface area contributed by atoms with Crippen molar-refractivity contribution >= 4 is 5.91 Å². The quantitative estimate of drug-likeness (QED) is 0.0248. The lowest BCUT2D eigenvalue weighted by Gasteiger charge is -2.48. The molecule has 3 fully saturated rings. The van der Waals surface area contributed by atoms with Crippen LogP contribution in [0, 0.1) is 0 Å². The molecule has 3 saturated heterocycles. The van der Waals surface area contributed by atoms with Crippen molar-refractivity contribution in [3.63, 3.8) is 0 Å². The van der Waals surface area contributed by atoms with E-state index < -0.39 is 124 Å². The maximum atomic E-state index is 13.3. The largest absolute Gasteiger partial charge is 0.394 e. The number of allylic oxidation sites excluding steroid dienone is 4. The van der Waals surface area contributed by atoms with Crippen molar-refractivity contribution in [2.45, 2.75) is 324 Å². The molecule has 3 heterocycles. The summed E-state index contributed by atoms with van der Waals surface area (Å²) < 4.78 is 34.3. The highest BCUT2D eigenvalue weighted by molar-refractivity contribution is 5.76. The Bertz CT molecular complexity index is 1540. The van der Waals surface area contributed by atoms with Crippen LogP contribution in [0.25, 0.3) is 0 Å². The highest BCUT2D eigenvalue weighted by atomic mass is 16.8. The van der Waals surface area contributed by atoms with Crippen LogP contribution in [0.5, 0.6) is 0 Å². The molecular weight excluding hydrogens is 1020 g/mol. The molecule has 79 heavy (non-hydrogen) atoms. The smallest absolute Gasteiger partial charge is 0.220 e. The molecule has 0 aromatic heterocycles. The van der Waals surface area contributed by atoms with E-state index in [1.165, 1.54) is 128 Å². The van der Waals surface area contributed by atoms with Crippen LogP contribution in [0.1, 0.15) is 219 Å². The van der Waals surface area contributed by atoms with Gasteiger partial charge in [0.15, 0.2) is 18.9 Å². The number of carbonyl (C=O) groups excluding carboxylic acids is 1. The number of amides is 1. The van der Waals surface area contributed by atoms with E-state index in [1.54, 1.807) is 0 Å². The maximum absolute atomic E-state index is 13.3. The molecule has 0 spiro atoms. The van der Waals surface area contributed by atoms with Crippen LogP contribution in [-0.4, -0.2) is 193 Å². The molecule has 3 aliphatic heterocycles. The predicted molar refractivity (Wildman–Crippen MR) is 300 cm³/mol. The zero-order valence-electron chi connectivity index (χ0n) is 48.4. The van der Waals surface area contributed by atoms with Gasteiger partial charge in [0.1, 0.15) is 73.2 Å². The van der Waals surface area contributed by atoms with Crippen LogP contribution in [0.2, 0.25) is 0 Å². The van der Waals surface area contributed by atoms with Crippen molar-refractivity contribution in [1.29, 1.82) is 0 Å². The topological polar surface area (TPSA) is 307 Å². The van der Waals surface area contributed by atoms with Gasteiger partial charge in [-0.15, -0.1) is 0 Å². The van der Waals surface area contributed by atoms with Crippen LogP contribution in [0.15, 0.2) is 24.3 Å². The van der Waals surface area contributed by atoms with E-state index in [4.69, 9.17) is 28.4 Å². The molecule has 464 valence electrons. The number of hydrogen-bond acceptors (Lipinski definition) is 18. The zero-order chi connectivity index (χ0) is 57.6. The molecule has 19 heteroatoms. The molecular formula is C60H111NO18. The lowest BCUT2D eigenvalue weighted by molar-refractivity contribution is -0.379. The molecule has 17 atom stereocenters. The molecule has 0 saturated carbocycles. The molecule has 0 bridgehead atoms. The highest BCUT2D eigenvalue weighted by Gasteiger charge is 2.53. The summed E-state index contributed by atoms with van der Waals surface area (Å²) in [6.45, 7) is 1.76. The Kier molecular flexibility index (Phi) is 39.7. The predicted octanol–water partition coefficient (Wildman–Crippen LogP) is 5.93. The lowest BCUT2D eigenvalue weighted by atomic mass is 9.96. The molecule has 3 rings (SSSR count). The number of carbonyl (C=O) groups is 1. The third kappa shape index (κ3) is 27.7. The Labute approximate surface area is 473 Å². The van der Waals surface area contributed by atoms with Gasteiger partial charge < -0.3 is 89.9 Å². The van der Waals surface area contributed by atoms with Crippen molar-refractivity contribution < 1.29 is 89.4 Å². The number of nitrogens with one attached hydrogen (secondary N) is 1.